The number of fused-ring (bicyclic) bond motifs is 2. The molecule has 3 atom stereocenters. The standard InChI is InChI=1S/C17H21N5O/c1-11-2-5-13(6-3-11)17-19-21-22(20-17)10-16(23)18-15-9-12-4-7-14(15)8-12/h2-3,5-6,12,14-15H,4,7-10H2,1H3,(H,18,23)/t12-,14-,15-/m0/s1. The molecule has 0 saturated heterocycles. The summed E-state index contributed by atoms with van der Waals surface area (Å²) in [6.07, 6.45) is 5.01. The Labute approximate surface area is 135 Å². The first kappa shape index (κ1) is 14.4. The molecule has 0 radical (unpaired) electrons. The SMILES string of the molecule is Cc1ccc(-c2nnn(CC(=O)N[C@H]3C[C@H]4CC[C@H]3C4)n2)cc1. The summed E-state index contributed by atoms with van der Waals surface area (Å²) in [6.45, 7) is 2.17. The van der Waals surface area contributed by atoms with Crippen molar-refractivity contribution >= 4 is 5.91 Å². The zero-order chi connectivity index (χ0) is 15.8. The maximum absolute atomic E-state index is 12.2. The molecule has 6 nitrogen and oxygen atoms in total. The van der Waals surface area contributed by atoms with E-state index in [-0.39, 0.29) is 12.5 Å². The Morgan fingerprint density at radius 2 is 2.09 bits per heavy atom. The van der Waals surface area contributed by atoms with E-state index in [0.717, 1.165) is 17.9 Å². The van der Waals surface area contributed by atoms with Gasteiger partial charge in [0.25, 0.3) is 0 Å². The van der Waals surface area contributed by atoms with Gasteiger partial charge in [0, 0.05) is 11.6 Å². The first-order valence-corrected chi connectivity index (χ1v) is 8.31. The van der Waals surface area contributed by atoms with E-state index in [1.165, 1.54) is 29.6 Å². The van der Waals surface area contributed by atoms with Crippen LogP contribution in [0, 0.1) is 18.8 Å². The van der Waals surface area contributed by atoms with Crippen LogP contribution in [0.25, 0.3) is 11.4 Å². The molecule has 1 heterocycles. The number of tetrazole rings is 1. The van der Waals surface area contributed by atoms with Crippen LogP contribution < -0.4 is 5.32 Å². The predicted molar refractivity (Wildman–Crippen MR) is 85.4 cm³/mol. The van der Waals surface area contributed by atoms with Crippen LogP contribution in [0.4, 0.5) is 0 Å². The molecule has 4 rings (SSSR count). The fraction of sp³-hybridized carbons (Fsp3) is 0.529. The van der Waals surface area contributed by atoms with Crippen LogP contribution >= 0.6 is 0 Å². The quantitative estimate of drug-likeness (QED) is 0.937. The molecule has 23 heavy (non-hydrogen) atoms. The Morgan fingerprint density at radius 1 is 1.26 bits per heavy atom. The first-order chi connectivity index (χ1) is 11.2. The van der Waals surface area contributed by atoms with Crippen LogP contribution in [0.2, 0.25) is 0 Å². The number of hydrogen-bond acceptors (Lipinski definition) is 4. The monoisotopic (exact) mass is 311 g/mol. The van der Waals surface area contributed by atoms with Gasteiger partial charge in [0.2, 0.25) is 11.7 Å². The molecule has 0 spiro atoms. The molecule has 2 bridgehead atoms. The molecule has 1 aromatic heterocycles. The highest BCUT2D eigenvalue weighted by Gasteiger charge is 2.40. The molecule has 2 saturated carbocycles. The second-order valence-corrected chi connectivity index (χ2v) is 6.86. The number of rotatable bonds is 4. The lowest BCUT2D eigenvalue weighted by atomic mass is 9.95. The van der Waals surface area contributed by atoms with E-state index in [0.29, 0.717) is 17.8 Å². The van der Waals surface area contributed by atoms with E-state index < -0.39 is 0 Å². The highest BCUT2D eigenvalue weighted by molar-refractivity contribution is 5.76. The van der Waals surface area contributed by atoms with Gasteiger partial charge in [0.05, 0.1) is 0 Å². The third-order valence-corrected chi connectivity index (χ3v) is 5.13. The minimum atomic E-state index is -0.0181. The van der Waals surface area contributed by atoms with E-state index in [1.54, 1.807) is 0 Å². The lowest BCUT2D eigenvalue weighted by Crippen LogP contribution is -2.40. The van der Waals surface area contributed by atoms with Crippen molar-refractivity contribution in [3.05, 3.63) is 29.8 Å². The van der Waals surface area contributed by atoms with E-state index in [4.69, 9.17) is 0 Å². The summed E-state index contributed by atoms with van der Waals surface area (Å²) in [5.41, 5.74) is 2.10. The summed E-state index contributed by atoms with van der Waals surface area (Å²) in [4.78, 5) is 13.6. The van der Waals surface area contributed by atoms with E-state index in [9.17, 15) is 4.79 Å². The van der Waals surface area contributed by atoms with Crippen molar-refractivity contribution in [1.29, 1.82) is 0 Å². The van der Waals surface area contributed by atoms with Crippen LogP contribution in [0.5, 0.6) is 0 Å². The molecule has 6 heteroatoms. The van der Waals surface area contributed by atoms with Crippen molar-refractivity contribution in [2.75, 3.05) is 0 Å². The van der Waals surface area contributed by atoms with E-state index in [1.807, 2.05) is 31.2 Å². The number of carbonyl (C=O) groups excluding carboxylic acids is 1. The second-order valence-electron chi connectivity index (χ2n) is 6.86. The van der Waals surface area contributed by atoms with Gasteiger partial charge in [-0.1, -0.05) is 36.2 Å². The highest BCUT2D eigenvalue weighted by Crippen LogP contribution is 2.44. The van der Waals surface area contributed by atoms with Crippen molar-refractivity contribution in [2.45, 2.75) is 45.2 Å². The molecule has 120 valence electrons. The van der Waals surface area contributed by atoms with E-state index >= 15 is 0 Å². The molecule has 2 aliphatic carbocycles. The zero-order valence-corrected chi connectivity index (χ0v) is 13.3. The third-order valence-electron chi connectivity index (χ3n) is 5.13. The fourth-order valence-corrected chi connectivity index (χ4v) is 3.93. The maximum Gasteiger partial charge on any atom is 0.243 e. The number of carbonyl (C=O) groups is 1. The predicted octanol–water partition coefficient (Wildman–Crippen LogP) is 1.95. The Morgan fingerprint density at radius 3 is 2.78 bits per heavy atom. The van der Waals surface area contributed by atoms with Gasteiger partial charge in [0.1, 0.15) is 6.54 Å². The number of amides is 1. The molecule has 2 fully saturated rings. The van der Waals surface area contributed by atoms with Gasteiger partial charge in [-0.3, -0.25) is 4.79 Å². The van der Waals surface area contributed by atoms with Gasteiger partial charge in [-0.15, -0.1) is 10.2 Å². The maximum atomic E-state index is 12.2. The van der Waals surface area contributed by atoms with Gasteiger partial charge >= 0.3 is 0 Å². The van der Waals surface area contributed by atoms with Gasteiger partial charge in [-0.05, 0) is 43.2 Å². The van der Waals surface area contributed by atoms with Crippen LogP contribution in [0.3, 0.4) is 0 Å². The Hall–Kier alpha value is -2.24. The average Bonchev–Trinajstić information content (AvgIpc) is 3.24. The molecule has 0 unspecified atom stereocenters. The third kappa shape index (κ3) is 2.98. The van der Waals surface area contributed by atoms with Crippen molar-refractivity contribution in [3.8, 4) is 11.4 Å². The normalized spacial score (nSPS) is 25.7. The summed E-state index contributed by atoms with van der Waals surface area (Å²) < 4.78 is 0. The molecule has 1 N–H and O–H groups in total. The summed E-state index contributed by atoms with van der Waals surface area (Å²) >= 11 is 0. The lowest BCUT2D eigenvalue weighted by Gasteiger charge is -2.22. The van der Waals surface area contributed by atoms with E-state index in [2.05, 4.69) is 20.7 Å². The first-order valence-electron chi connectivity index (χ1n) is 8.31. The van der Waals surface area contributed by atoms with Crippen LogP contribution in [-0.4, -0.2) is 32.2 Å². The molecular formula is C17H21N5O. The smallest absolute Gasteiger partial charge is 0.243 e. The molecular weight excluding hydrogens is 290 g/mol. The van der Waals surface area contributed by atoms with Crippen LogP contribution in [0.15, 0.2) is 24.3 Å². The van der Waals surface area contributed by atoms with Crippen molar-refractivity contribution in [2.24, 2.45) is 11.8 Å². The number of hydrogen-bond donors (Lipinski definition) is 1. The zero-order valence-electron chi connectivity index (χ0n) is 13.3. The van der Waals surface area contributed by atoms with Gasteiger partial charge in [-0.25, -0.2) is 0 Å². The summed E-state index contributed by atoms with van der Waals surface area (Å²) in [5.74, 6) is 2.03. The van der Waals surface area contributed by atoms with Gasteiger partial charge in [0.15, 0.2) is 0 Å². The molecule has 1 amide bonds. The van der Waals surface area contributed by atoms with Crippen LogP contribution in [0.1, 0.15) is 31.2 Å². The number of nitrogens with zero attached hydrogens (tertiary/aromatic N) is 4. The second kappa shape index (κ2) is 5.76. The summed E-state index contributed by atoms with van der Waals surface area (Å²) in [6, 6.07) is 8.30. The number of nitrogens with one attached hydrogen (secondary N) is 1. The van der Waals surface area contributed by atoms with Crippen molar-refractivity contribution in [3.63, 3.8) is 0 Å². The highest BCUT2D eigenvalue weighted by atomic mass is 16.2. The van der Waals surface area contributed by atoms with Crippen molar-refractivity contribution < 1.29 is 4.79 Å². The number of aromatic nitrogens is 4. The fourth-order valence-electron chi connectivity index (χ4n) is 3.93. The molecule has 0 aliphatic heterocycles. The summed E-state index contributed by atoms with van der Waals surface area (Å²) in [5, 5.41) is 15.5. The molecule has 2 aromatic rings. The topological polar surface area (TPSA) is 72.7 Å². The summed E-state index contributed by atoms with van der Waals surface area (Å²) in [7, 11) is 0. The molecule has 2 aliphatic rings. The number of aryl methyl sites for hydroxylation is 1. The Bertz CT molecular complexity index is 708. The minimum Gasteiger partial charge on any atom is -0.351 e. The van der Waals surface area contributed by atoms with Crippen molar-refractivity contribution in [1.82, 2.24) is 25.5 Å². The van der Waals surface area contributed by atoms with Gasteiger partial charge < -0.3 is 5.32 Å². The average molecular weight is 311 g/mol. The number of benzene rings is 1. The Balaban J connectivity index is 1.37. The van der Waals surface area contributed by atoms with Crippen LogP contribution in [-0.2, 0) is 11.3 Å². The largest absolute Gasteiger partial charge is 0.351 e. The van der Waals surface area contributed by atoms with Gasteiger partial charge in [-0.2, -0.15) is 4.80 Å². The Kier molecular flexibility index (Phi) is 3.59. The lowest BCUT2D eigenvalue weighted by molar-refractivity contribution is -0.123. The molecule has 1 aromatic carbocycles. The minimum absolute atomic E-state index is 0.0181.